The predicted molar refractivity (Wildman–Crippen MR) is 123 cm³/mol. The fraction of sp³-hybridized carbons (Fsp3) is 0.458. The number of nitrogens with two attached hydrogens (primary N) is 1. The van der Waals surface area contributed by atoms with Gasteiger partial charge in [0.1, 0.15) is 17.1 Å². The van der Waals surface area contributed by atoms with Crippen LogP contribution in [-0.2, 0) is 19.0 Å². The highest BCUT2D eigenvalue weighted by atomic mass is 19.4. The largest absolute Gasteiger partial charge is 0.497 e. The summed E-state index contributed by atoms with van der Waals surface area (Å²) in [6.07, 6.45) is -4.17. The number of hydrogen-bond donors (Lipinski definition) is 3. The Hall–Kier alpha value is -3.28. The van der Waals surface area contributed by atoms with E-state index in [1.54, 1.807) is 7.11 Å². The summed E-state index contributed by atoms with van der Waals surface area (Å²) in [7, 11) is 1.58. The topological polar surface area (TPSA) is 96.9 Å². The Balaban J connectivity index is 1.48. The smallest absolute Gasteiger partial charge is 0.433 e. The number of benzene rings is 1. The van der Waals surface area contributed by atoms with E-state index < -0.39 is 35.9 Å². The molecular formula is C24H25F5N6O. The van der Waals surface area contributed by atoms with E-state index in [1.807, 2.05) is 18.2 Å². The molecule has 3 aliphatic rings. The summed E-state index contributed by atoms with van der Waals surface area (Å²) in [5.74, 6) is -4.52. The van der Waals surface area contributed by atoms with E-state index in [9.17, 15) is 22.0 Å². The molecule has 0 saturated heterocycles. The van der Waals surface area contributed by atoms with E-state index in [4.69, 9.17) is 15.5 Å². The van der Waals surface area contributed by atoms with Crippen LogP contribution < -0.4 is 21.1 Å². The lowest BCUT2D eigenvalue weighted by atomic mass is 9.98. The first-order chi connectivity index (χ1) is 16.9. The molecule has 4 N–H and O–H groups in total. The number of methoxy groups -OCH3 is 1. The molecule has 1 saturated carbocycles. The number of aliphatic imine (C=N–C) groups is 2. The highest BCUT2D eigenvalue weighted by Crippen LogP contribution is 2.43. The third-order valence-corrected chi connectivity index (χ3v) is 6.80. The lowest BCUT2D eigenvalue weighted by Crippen LogP contribution is -2.66. The minimum atomic E-state index is -4.66. The Morgan fingerprint density at radius 3 is 2.61 bits per heavy atom. The average molecular weight is 508 g/mol. The summed E-state index contributed by atoms with van der Waals surface area (Å²) in [6, 6.07) is 8.96. The molecule has 12 heteroatoms. The fourth-order valence-corrected chi connectivity index (χ4v) is 4.98. The van der Waals surface area contributed by atoms with Crippen LogP contribution >= 0.6 is 0 Å². The molecule has 0 bridgehead atoms. The standard InChI is InChI=1S/C24H25F5N6O/c1-36-17-6-5-13-9-16(10-14(13)11-17)31-21-33-20(18-3-2-4-19(32-18)23(27,28)29)34-24(30,35-21)15-7-8-22(25,26)12-15/h2-6,11,15-16H,7-10,12,30H2,1H3,(H2,31,33,34,35). The van der Waals surface area contributed by atoms with Gasteiger partial charge in [0, 0.05) is 18.8 Å². The maximum Gasteiger partial charge on any atom is 0.433 e. The minimum absolute atomic E-state index is 0.0616. The van der Waals surface area contributed by atoms with E-state index in [1.165, 1.54) is 12.1 Å². The fourth-order valence-electron chi connectivity index (χ4n) is 4.98. The van der Waals surface area contributed by atoms with Crippen LogP contribution in [0.25, 0.3) is 0 Å². The van der Waals surface area contributed by atoms with Gasteiger partial charge in [-0.05, 0) is 54.7 Å². The average Bonchev–Trinajstić information content (AvgIpc) is 3.40. The van der Waals surface area contributed by atoms with Gasteiger partial charge in [0.2, 0.25) is 5.92 Å². The second-order valence-electron chi connectivity index (χ2n) is 9.41. The molecule has 2 aromatic rings. The number of fused-ring (bicyclic) bond motifs is 1. The normalized spacial score (nSPS) is 28.3. The number of pyridine rings is 1. The SMILES string of the molecule is COc1ccc2c(c1)CC(N=C1NC(c3cccc(C(F)(F)F)n3)=NC(N)(C3CCC(F)(F)C3)N1)C2. The Morgan fingerprint density at radius 1 is 1.14 bits per heavy atom. The molecule has 1 aromatic carbocycles. The molecule has 0 radical (unpaired) electrons. The summed E-state index contributed by atoms with van der Waals surface area (Å²) in [5.41, 5.74) is 7.46. The van der Waals surface area contributed by atoms with Crippen molar-refractivity contribution in [2.24, 2.45) is 21.6 Å². The molecule has 192 valence electrons. The first kappa shape index (κ1) is 24.4. The monoisotopic (exact) mass is 508 g/mol. The number of rotatable bonds is 4. The highest BCUT2D eigenvalue weighted by molar-refractivity contribution is 6.09. The predicted octanol–water partition coefficient (Wildman–Crippen LogP) is 3.62. The lowest BCUT2D eigenvalue weighted by molar-refractivity contribution is -0.141. The second-order valence-corrected chi connectivity index (χ2v) is 9.41. The molecule has 36 heavy (non-hydrogen) atoms. The molecule has 0 spiro atoms. The van der Waals surface area contributed by atoms with Crippen LogP contribution in [-0.4, -0.2) is 41.6 Å². The van der Waals surface area contributed by atoms with Crippen LogP contribution in [0, 0.1) is 5.92 Å². The van der Waals surface area contributed by atoms with Crippen molar-refractivity contribution in [3.05, 3.63) is 58.9 Å². The van der Waals surface area contributed by atoms with Gasteiger partial charge >= 0.3 is 6.18 Å². The van der Waals surface area contributed by atoms with Gasteiger partial charge in [0.15, 0.2) is 17.6 Å². The zero-order valence-electron chi connectivity index (χ0n) is 19.4. The van der Waals surface area contributed by atoms with Crippen LogP contribution in [0.5, 0.6) is 5.75 Å². The minimum Gasteiger partial charge on any atom is -0.497 e. The maximum absolute atomic E-state index is 14.0. The van der Waals surface area contributed by atoms with E-state index in [0.29, 0.717) is 12.8 Å². The van der Waals surface area contributed by atoms with Crippen molar-refractivity contribution < 1.29 is 26.7 Å². The maximum atomic E-state index is 14.0. The molecule has 3 unspecified atom stereocenters. The van der Waals surface area contributed by atoms with Gasteiger partial charge in [0.05, 0.1) is 13.2 Å². The number of guanidine groups is 1. The third kappa shape index (κ3) is 4.86. The summed E-state index contributed by atoms with van der Waals surface area (Å²) < 4.78 is 73.2. The number of amidine groups is 1. The molecule has 2 heterocycles. The summed E-state index contributed by atoms with van der Waals surface area (Å²) in [4.78, 5) is 12.8. The molecule has 2 aliphatic carbocycles. The molecule has 1 fully saturated rings. The molecule has 3 atom stereocenters. The molecule has 1 aliphatic heterocycles. The van der Waals surface area contributed by atoms with Gasteiger partial charge < -0.3 is 15.4 Å². The van der Waals surface area contributed by atoms with Crippen molar-refractivity contribution in [1.82, 2.24) is 15.6 Å². The van der Waals surface area contributed by atoms with Crippen LogP contribution in [0.4, 0.5) is 22.0 Å². The van der Waals surface area contributed by atoms with Crippen LogP contribution in [0.1, 0.15) is 41.8 Å². The highest BCUT2D eigenvalue weighted by Gasteiger charge is 2.50. The van der Waals surface area contributed by atoms with Gasteiger partial charge in [-0.25, -0.2) is 23.7 Å². The van der Waals surface area contributed by atoms with Crippen molar-refractivity contribution in [1.29, 1.82) is 0 Å². The summed E-state index contributed by atoms with van der Waals surface area (Å²) in [6.45, 7) is 0. The van der Waals surface area contributed by atoms with Crippen LogP contribution in [0.3, 0.4) is 0 Å². The summed E-state index contributed by atoms with van der Waals surface area (Å²) in [5, 5.41) is 5.84. The molecule has 7 nitrogen and oxygen atoms in total. The van der Waals surface area contributed by atoms with Crippen LogP contribution in [0.15, 0.2) is 46.4 Å². The number of nitrogens with one attached hydrogen (secondary N) is 2. The number of ether oxygens (including phenoxy) is 1. The van der Waals surface area contributed by atoms with Gasteiger partial charge in [-0.2, -0.15) is 13.2 Å². The third-order valence-electron chi connectivity index (χ3n) is 6.80. The van der Waals surface area contributed by atoms with Crippen LogP contribution in [0.2, 0.25) is 0 Å². The van der Waals surface area contributed by atoms with Gasteiger partial charge in [-0.3, -0.25) is 5.73 Å². The first-order valence-corrected chi connectivity index (χ1v) is 11.5. The van der Waals surface area contributed by atoms with E-state index in [2.05, 4.69) is 20.6 Å². The van der Waals surface area contributed by atoms with E-state index >= 15 is 0 Å². The number of halogens is 5. The quantitative estimate of drug-likeness (QED) is 0.549. The number of alkyl halides is 5. The number of hydrogen-bond acceptors (Lipinski definition) is 5. The first-order valence-electron chi connectivity index (χ1n) is 11.5. The van der Waals surface area contributed by atoms with E-state index in [0.717, 1.165) is 22.9 Å². The molecule has 5 rings (SSSR count). The van der Waals surface area contributed by atoms with Crippen molar-refractivity contribution in [2.75, 3.05) is 7.11 Å². The van der Waals surface area contributed by atoms with Gasteiger partial charge in [0.25, 0.3) is 0 Å². The second kappa shape index (κ2) is 8.68. The molecule has 0 amide bonds. The van der Waals surface area contributed by atoms with Gasteiger partial charge in [-0.15, -0.1) is 0 Å². The Morgan fingerprint density at radius 2 is 1.92 bits per heavy atom. The van der Waals surface area contributed by atoms with Crippen molar-refractivity contribution in [2.45, 2.75) is 56.0 Å². The van der Waals surface area contributed by atoms with Gasteiger partial charge in [-0.1, -0.05) is 12.1 Å². The summed E-state index contributed by atoms with van der Waals surface area (Å²) >= 11 is 0. The Kier molecular flexibility index (Phi) is 5.89. The molecule has 1 aromatic heterocycles. The zero-order chi connectivity index (χ0) is 25.7. The Bertz CT molecular complexity index is 1230. The number of nitrogens with zero attached hydrogens (tertiary/aromatic N) is 3. The lowest BCUT2D eigenvalue weighted by Gasteiger charge is -2.38. The van der Waals surface area contributed by atoms with Crippen molar-refractivity contribution >= 4 is 11.8 Å². The number of aromatic nitrogens is 1. The Labute approximate surface area is 204 Å². The molecular weight excluding hydrogens is 483 g/mol. The van der Waals surface area contributed by atoms with E-state index in [-0.39, 0.29) is 36.4 Å². The van der Waals surface area contributed by atoms with Crippen molar-refractivity contribution in [3.63, 3.8) is 0 Å². The zero-order valence-corrected chi connectivity index (χ0v) is 19.4. The van der Waals surface area contributed by atoms with Crippen molar-refractivity contribution in [3.8, 4) is 5.75 Å².